The number of pyridine rings is 1. The van der Waals surface area contributed by atoms with Crippen LogP contribution in [0.25, 0.3) is 21.9 Å². The molecular formula is C20H23N3O3. The fourth-order valence-electron chi connectivity index (χ4n) is 3.12. The molecule has 0 spiro atoms. The topological polar surface area (TPSA) is 109 Å². The molecule has 6 heteroatoms. The summed E-state index contributed by atoms with van der Waals surface area (Å²) in [6.45, 7) is 0.724. The number of H-pyrrole nitrogens is 1. The molecule has 3 aromatic rings. The minimum Gasteiger partial charge on any atom is -0.481 e. The number of carboxylic acids is 1. The van der Waals surface area contributed by atoms with Crippen molar-refractivity contribution >= 4 is 33.7 Å². The number of nitrogens with zero attached hydrogens (tertiary/aromatic N) is 1. The number of Topliss-reactive ketones (excluding diaryl/α,β-unsaturated/α-hetero) is 1. The van der Waals surface area contributed by atoms with Gasteiger partial charge in [-0.2, -0.15) is 0 Å². The summed E-state index contributed by atoms with van der Waals surface area (Å²) in [6.07, 6.45) is 3.98. The second-order valence-electron chi connectivity index (χ2n) is 6.50. The molecule has 0 saturated heterocycles. The van der Waals surface area contributed by atoms with E-state index in [1.165, 1.54) is 0 Å². The molecule has 0 fully saturated rings. The van der Waals surface area contributed by atoms with E-state index in [2.05, 4.69) is 4.98 Å². The quantitative estimate of drug-likeness (QED) is 0.403. The summed E-state index contributed by atoms with van der Waals surface area (Å²) >= 11 is 0. The van der Waals surface area contributed by atoms with Gasteiger partial charge in [0.15, 0.2) is 5.78 Å². The van der Waals surface area contributed by atoms with Crippen LogP contribution in [-0.4, -0.2) is 33.4 Å². The Morgan fingerprint density at radius 3 is 2.65 bits per heavy atom. The first kappa shape index (κ1) is 18.1. The summed E-state index contributed by atoms with van der Waals surface area (Å²) in [4.78, 5) is 30.8. The molecule has 0 amide bonds. The molecule has 2 aromatic heterocycles. The predicted octanol–water partition coefficient (Wildman–Crippen LogP) is 3.44. The minimum absolute atomic E-state index is 0.00833. The average Bonchev–Trinajstić information content (AvgIpc) is 3.00. The van der Waals surface area contributed by atoms with Crippen LogP contribution in [0.2, 0.25) is 0 Å². The van der Waals surface area contributed by atoms with Gasteiger partial charge in [0.1, 0.15) is 5.65 Å². The smallest absolute Gasteiger partial charge is 0.303 e. The molecule has 26 heavy (non-hydrogen) atoms. The number of carbonyl (C=O) groups excluding carboxylic acids is 1. The van der Waals surface area contributed by atoms with E-state index in [0.717, 1.165) is 59.9 Å². The number of aromatic nitrogens is 2. The van der Waals surface area contributed by atoms with Crippen LogP contribution in [-0.2, 0) is 11.2 Å². The number of unbranched alkanes of at least 4 members (excludes halogenated alkanes) is 2. The first-order valence-corrected chi connectivity index (χ1v) is 8.95. The lowest BCUT2D eigenvalue weighted by molar-refractivity contribution is -0.136. The van der Waals surface area contributed by atoms with Gasteiger partial charge in [0.25, 0.3) is 0 Å². The lowest BCUT2D eigenvalue weighted by Crippen LogP contribution is -2.03. The van der Waals surface area contributed by atoms with Gasteiger partial charge in [0, 0.05) is 34.0 Å². The molecule has 0 saturated carbocycles. The third kappa shape index (κ3) is 4.08. The summed E-state index contributed by atoms with van der Waals surface area (Å²) < 4.78 is 0. The first-order chi connectivity index (χ1) is 12.6. The molecule has 0 unspecified atom stereocenters. The predicted molar refractivity (Wildman–Crippen MR) is 101 cm³/mol. The highest BCUT2D eigenvalue weighted by Gasteiger charge is 2.12. The van der Waals surface area contributed by atoms with Crippen LogP contribution >= 0.6 is 0 Å². The lowest BCUT2D eigenvalue weighted by Gasteiger charge is -2.01. The molecular weight excluding hydrogens is 330 g/mol. The monoisotopic (exact) mass is 353 g/mol. The van der Waals surface area contributed by atoms with Gasteiger partial charge < -0.3 is 15.8 Å². The molecule has 2 heterocycles. The maximum absolute atomic E-state index is 12.2. The number of carbonyl (C=O) groups is 2. The summed E-state index contributed by atoms with van der Waals surface area (Å²) in [7, 11) is 0. The second-order valence-corrected chi connectivity index (χ2v) is 6.50. The number of aromatic amines is 1. The fraction of sp³-hybridized carbons (Fsp3) is 0.350. The van der Waals surface area contributed by atoms with E-state index < -0.39 is 5.97 Å². The van der Waals surface area contributed by atoms with E-state index in [4.69, 9.17) is 15.8 Å². The van der Waals surface area contributed by atoms with Crippen LogP contribution in [0.15, 0.2) is 30.3 Å². The Balaban J connectivity index is 1.83. The van der Waals surface area contributed by atoms with Crippen LogP contribution in [0.1, 0.15) is 48.2 Å². The summed E-state index contributed by atoms with van der Waals surface area (Å²) in [5.74, 6) is -1.12. The van der Waals surface area contributed by atoms with Crippen LogP contribution in [0.4, 0.5) is 0 Å². The standard InChI is InChI=1S/C20H23N3O3/c21-11-3-1-2-4-14-6-7-15-16-12-13(18(24)9-10-19(25)26)5-8-17(16)23-20(15)22-14/h5-8,12H,1-4,9-11,21H2,(H,22,23)(H,25,26). The number of aliphatic carboxylic acids is 1. The van der Waals surface area contributed by atoms with Crippen molar-refractivity contribution in [3.8, 4) is 0 Å². The van der Waals surface area contributed by atoms with E-state index in [0.29, 0.717) is 5.56 Å². The third-order valence-electron chi connectivity index (χ3n) is 4.54. The Morgan fingerprint density at radius 1 is 1.04 bits per heavy atom. The van der Waals surface area contributed by atoms with Crippen LogP contribution in [0.3, 0.4) is 0 Å². The van der Waals surface area contributed by atoms with Gasteiger partial charge in [-0.1, -0.05) is 6.42 Å². The maximum Gasteiger partial charge on any atom is 0.303 e. The van der Waals surface area contributed by atoms with Gasteiger partial charge in [-0.15, -0.1) is 0 Å². The molecule has 0 aliphatic rings. The van der Waals surface area contributed by atoms with Crippen LogP contribution in [0, 0.1) is 0 Å². The highest BCUT2D eigenvalue weighted by molar-refractivity contribution is 6.09. The Labute approximate surface area is 151 Å². The van der Waals surface area contributed by atoms with Crippen molar-refractivity contribution in [1.82, 2.24) is 9.97 Å². The Bertz CT molecular complexity index is 946. The molecule has 0 bridgehead atoms. The molecule has 0 aliphatic carbocycles. The van der Waals surface area contributed by atoms with E-state index in [-0.39, 0.29) is 18.6 Å². The van der Waals surface area contributed by atoms with E-state index in [9.17, 15) is 9.59 Å². The Morgan fingerprint density at radius 2 is 1.88 bits per heavy atom. The Hall–Kier alpha value is -2.73. The number of hydrogen-bond acceptors (Lipinski definition) is 4. The van der Waals surface area contributed by atoms with Gasteiger partial charge in [-0.25, -0.2) is 4.98 Å². The number of carboxylic acid groups (broad SMARTS) is 1. The summed E-state index contributed by atoms with van der Waals surface area (Å²) in [5.41, 5.74) is 8.82. The lowest BCUT2D eigenvalue weighted by atomic mass is 10.0. The van der Waals surface area contributed by atoms with Crippen LogP contribution < -0.4 is 5.73 Å². The van der Waals surface area contributed by atoms with Crippen molar-refractivity contribution in [2.45, 2.75) is 38.5 Å². The number of benzene rings is 1. The van der Waals surface area contributed by atoms with Crippen molar-refractivity contribution < 1.29 is 14.7 Å². The van der Waals surface area contributed by atoms with Gasteiger partial charge in [0.05, 0.1) is 6.42 Å². The highest BCUT2D eigenvalue weighted by Crippen LogP contribution is 2.26. The van der Waals surface area contributed by atoms with Gasteiger partial charge in [-0.3, -0.25) is 9.59 Å². The number of fused-ring (bicyclic) bond motifs is 3. The van der Waals surface area contributed by atoms with E-state index in [1.54, 1.807) is 6.07 Å². The number of nitrogens with one attached hydrogen (secondary N) is 1. The van der Waals surface area contributed by atoms with Crippen molar-refractivity contribution in [2.24, 2.45) is 5.73 Å². The minimum atomic E-state index is -0.963. The highest BCUT2D eigenvalue weighted by atomic mass is 16.4. The second kappa shape index (κ2) is 8.10. The normalized spacial score (nSPS) is 11.3. The molecule has 136 valence electrons. The third-order valence-corrected chi connectivity index (χ3v) is 4.54. The van der Waals surface area contributed by atoms with Crippen molar-refractivity contribution in [3.63, 3.8) is 0 Å². The average molecular weight is 353 g/mol. The zero-order valence-corrected chi connectivity index (χ0v) is 14.6. The first-order valence-electron chi connectivity index (χ1n) is 8.95. The Kier molecular flexibility index (Phi) is 5.63. The molecule has 0 radical (unpaired) electrons. The SMILES string of the molecule is NCCCCCc1ccc2c(n1)[nH]c1ccc(C(=O)CCC(=O)O)cc12. The van der Waals surface area contributed by atoms with E-state index >= 15 is 0 Å². The van der Waals surface area contributed by atoms with Crippen molar-refractivity contribution in [1.29, 1.82) is 0 Å². The van der Waals surface area contributed by atoms with Crippen LogP contribution in [0.5, 0.6) is 0 Å². The van der Waals surface area contributed by atoms with E-state index in [1.807, 2.05) is 24.3 Å². The zero-order chi connectivity index (χ0) is 18.5. The number of aryl methyl sites for hydroxylation is 1. The fourth-order valence-corrected chi connectivity index (χ4v) is 3.12. The molecule has 0 aliphatic heterocycles. The summed E-state index contributed by atoms with van der Waals surface area (Å²) in [5, 5.41) is 10.6. The summed E-state index contributed by atoms with van der Waals surface area (Å²) in [6, 6.07) is 9.46. The van der Waals surface area contributed by atoms with Gasteiger partial charge >= 0.3 is 5.97 Å². The van der Waals surface area contributed by atoms with Gasteiger partial charge in [-0.05, 0) is 56.1 Å². The molecule has 4 N–H and O–H groups in total. The maximum atomic E-state index is 12.2. The molecule has 1 aromatic carbocycles. The number of hydrogen-bond donors (Lipinski definition) is 3. The number of ketones is 1. The molecule has 3 rings (SSSR count). The van der Waals surface area contributed by atoms with Gasteiger partial charge in [0.2, 0.25) is 0 Å². The van der Waals surface area contributed by atoms with Crippen molar-refractivity contribution in [2.75, 3.05) is 6.54 Å². The number of rotatable bonds is 9. The van der Waals surface area contributed by atoms with Crippen molar-refractivity contribution in [3.05, 3.63) is 41.6 Å². The zero-order valence-electron chi connectivity index (χ0n) is 14.6. The molecule has 6 nitrogen and oxygen atoms in total. The molecule has 0 atom stereocenters. The number of nitrogens with two attached hydrogens (primary N) is 1. The largest absolute Gasteiger partial charge is 0.481 e.